The van der Waals surface area contributed by atoms with Crippen molar-refractivity contribution in [2.24, 2.45) is 16.8 Å². The van der Waals surface area contributed by atoms with E-state index in [2.05, 4.69) is 34.9 Å². The fourth-order valence-corrected chi connectivity index (χ4v) is 4.30. The molecule has 4 heterocycles. The summed E-state index contributed by atoms with van der Waals surface area (Å²) >= 11 is 0. The lowest BCUT2D eigenvalue weighted by Crippen LogP contribution is -2.18. The van der Waals surface area contributed by atoms with Crippen molar-refractivity contribution in [3.63, 3.8) is 0 Å². The minimum absolute atomic E-state index is 0.290. The molecule has 0 N–H and O–H groups in total. The lowest BCUT2D eigenvalue weighted by atomic mass is 9.91. The van der Waals surface area contributed by atoms with Gasteiger partial charge in [0, 0.05) is 60.8 Å². The van der Waals surface area contributed by atoms with E-state index in [-0.39, 0.29) is 0 Å². The van der Waals surface area contributed by atoms with E-state index in [9.17, 15) is 4.79 Å². The molecule has 140 valence electrons. The Morgan fingerprint density at radius 2 is 2.11 bits per heavy atom. The molecule has 2 aromatic rings. The molecular weight excluding hydrogens is 336 g/mol. The number of Topliss-reactive ketones (excluding diaryl/α,β-unsaturated/α-hetero) is 1. The summed E-state index contributed by atoms with van der Waals surface area (Å²) in [5.74, 6) is 1.35. The van der Waals surface area contributed by atoms with Crippen LogP contribution in [0.15, 0.2) is 35.6 Å². The molecule has 2 aliphatic heterocycles. The number of likely N-dealkylation sites (tertiary alicyclic amines) is 1. The topological polar surface area (TPSA) is 58.5 Å². The van der Waals surface area contributed by atoms with Crippen molar-refractivity contribution in [2.45, 2.75) is 33.2 Å². The molecule has 5 heteroatoms. The molecule has 2 atom stereocenters. The van der Waals surface area contributed by atoms with Crippen LogP contribution in [0.25, 0.3) is 0 Å². The molecule has 0 aromatic carbocycles. The summed E-state index contributed by atoms with van der Waals surface area (Å²) in [5, 5.41) is 0. The molecule has 2 aromatic heterocycles. The first kappa shape index (κ1) is 18.0. The SMILES string of the molecule is Cc1cc(C2=NCc3cc(CC(=O)C[C@H]4CN(C)C[C@@H]4C)ncc32)ccn1. The van der Waals surface area contributed by atoms with Crippen LogP contribution in [0.1, 0.15) is 41.4 Å². The van der Waals surface area contributed by atoms with Gasteiger partial charge in [-0.25, -0.2) is 0 Å². The molecule has 1 fully saturated rings. The second kappa shape index (κ2) is 7.31. The summed E-state index contributed by atoms with van der Waals surface area (Å²) in [6.45, 7) is 6.99. The highest BCUT2D eigenvalue weighted by Gasteiger charge is 2.29. The second-order valence-corrected chi connectivity index (χ2v) is 8.06. The predicted molar refractivity (Wildman–Crippen MR) is 106 cm³/mol. The highest BCUT2D eigenvalue weighted by Crippen LogP contribution is 2.26. The zero-order valence-corrected chi connectivity index (χ0v) is 16.3. The van der Waals surface area contributed by atoms with Gasteiger partial charge in [-0.15, -0.1) is 0 Å². The minimum Gasteiger partial charge on any atom is -0.306 e. The number of hydrogen-bond donors (Lipinski definition) is 0. The van der Waals surface area contributed by atoms with E-state index < -0.39 is 0 Å². The number of aliphatic imine (C=N–C) groups is 1. The summed E-state index contributed by atoms with van der Waals surface area (Å²) in [5.41, 5.74) is 6.12. The van der Waals surface area contributed by atoms with Gasteiger partial charge in [-0.05, 0) is 49.6 Å². The normalized spacial score (nSPS) is 22.0. The molecule has 27 heavy (non-hydrogen) atoms. The molecule has 0 amide bonds. The summed E-state index contributed by atoms with van der Waals surface area (Å²) in [7, 11) is 2.13. The van der Waals surface area contributed by atoms with Crippen molar-refractivity contribution in [1.82, 2.24) is 14.9 Å². The highest BCUT2D eigenvalue weighted by molar-refractivity contribution is 6.15. The molecule has 0 saturated carbocycles. The number of aromatic nitrogens is 2. The molecule has 1 saturated heterocycles. The molecule has 0 unspecified atom stereocenters. The van der Waals surface area contributed by atoms with Gasteiger partial charge in [-0.2, -0.15) is 0 Å². The average molecular weight is 362 g/mol. The summed E-state index contributed by atoms with van der Waals surface area (Å²) in [6.07, 6.45) is 4.77. The Labute approximate surface area is 160 Å². The van der Waals surface area contributed by atoms with E-state index in [0.29, 0.717) is 37.0 Å². The van der Waals surface area contributed by atoms with Crippen molar-refractivity contribution in [3.8, 4) is 0 Å². The van der Waals surface area contributed by atoms with Gasteiger partial charge >= 0.3 is 0 Å². The number of carbonyl (C=O) groups is 1. The molecule has 2 aliphatic rings. The Morgan fingerprint density at radius 3 is 2.85 bits per heavy atom. The Bertz CT molecular complexity index is 905. The van der Waals surface area contributed by atoms with Crippen molar-refractivity contribution in [3.05, 3.63) is 58.7 Å². The summed E-state index contributed by atoms with van der Waals surface area (Å²) in [6, 6.07) is 6.09. The van der Waals surface area contributed by atoms with Crippen LogP contribution < -0.4 is 0 Å². The lowest BCUT2D eigenvalue weighted by Gasteiger charge is -2.13. The van der Waals surface area contributed by atoms with Crippen LogP contribution in [-0.4, -0.2) is 46.5 Å². The molecule has 4 rings (SSSR count). The molecule has 0 bridgehead atoms. The number of rotatable bonds is 5. The fraction of sp³-hybridized carbons (Fsp3) is 0.455. The van der Waals surface area contributed by atoms with E-state index in [1.165, 1.54) is 0 Å². The van der Waals surface area contributed by atoms with Gasteiger partial charge in [0.15, 0.2) is 0 Å². The van der Waals surface area contributed by atoms with E-state index in [0.717, 1.165) is 46.9 Å². The number of fused-ring (bicyclic) bond motifs is 1. The standard InChI is InChI=1S/C22H26N4O/c1-14-12-26(3)13-18(14)8-20(27)9-19-7-17-10-25-22(21(17)11-24-19)16-4-5-23-15(2)6-16/h4-7,11,14,18H,8-10,12-13H2,1-3H3/t14-,18-/m0/s1. The van der Waals surface area contributed by atoms with Crippen LogP contribution in [-0.2, 0) is 17.8 Å². The monoisotopic (exact) mass is 362 g/mol. The maximum absolute atomic E-state index is 12.6. The lowest BCUT2D eigenvalue weighted by molar-refractivity contribution is -0.119. The van der Waals surface area contributed by atoms with Gasteiger partial charge in [-0.3, -0.25) is 19.8 Å². The Morgan fingerprint density at radius 1 is 1.26 bits per heavy atom. The predicted octanol–water partition coefficient (Wildman–Crippen LogP) is 2.84. The first-order valence-electron chi connectivity index (χ1n) is 9.65. The highest BCUT2D eigenvalue weighted by atomic mass is 16.1. The van der Waals surface area contributed by atoms with Crippen molar-refractivity contribution >= 4 is 11.5 Å². The van der Waals surface area contributed by atoms with Gasteiger partial charge in [0.25, 0.3) is 0 Å². The minimum atomic E-state index is 0.290. The average Bonchev–Trinajstić information content (AvgIpc) is 3.17. The largest absolute Gasteiger partial charge is 0.306 e. The number of hydrogen-bond acceptors (Lipinski definition) is 5. The zero-order valence-electron chi connectivity index (χ0n) is 16.3. The smallest absolute Gasteiger partial charge is 0.139 e. The van der Waals surface area contributed by atoms with E-state index in [1.807, 2.05) is 31.5 Å². The van der Waals surface area contributed by atoms with Crippen LogP contribution in [0.4, 0.5) is 0 Å². The molecule has 0 aliphatic carbocycles. The van der Waals surface area contributed by atoms with E-state index in [1.54, 1.807) is 0 Å². The number of carbonyl (C=O) groups excluding carboxylic acids is 1. The quantitative estimate of drug-likeness (QED) is 0.821. The summed E-state index contributed by atoms with van der Waals surface area (Å²) in [4.78, 5) is 28.4. The van der Waals surface area contributed by atoms with Crippen molar-refractivity contribution in [2.75, 3.05) is 20.1 Å². The first-order chi connectivity index (χ1) is 13.0. The maximum atomic E-state index is 12.6. The molecule has 0 radical (unpaired) electrons. The summed E-state index contributed by atoms with van der Waals surface area (Å²) < 4.78 is 0. The zero-order chi connectivity index (χ0) is 19.0. The maximum Gasteiger partial charge on any atom is 0.139 e. The third-order valence-electron chi connectivity index (χ3n) is 5.70. The van der Waals surface area contributed by atoms with Gasteiger partial charge in [0.1, 0.15) is 5.78 Å². The molecule has 0 spiro atoms. The second-order valence-electron chi connectivity index (χ2n) is 8.06. The van der Waals surface area contributed by atoms with Crippen molar-refractivity contribution < 1.29 is 4.79 Å². The molecular formula is C22H26N4O. The number of aryl methyl sites for hydroxylation is 1. The van der Waals surface area contributed by atoms with Crippen LogP contribution in [0.3, 0.4) is 0 Å². The Balaban J connectivity index is 1.45. The Hall–Kier alpha value is -2.40. The van der Waals surface area contributed by atoms with Crippen LogP contribution in [0.5, 0.6) is 0 Å². The van der Waals surface area contributed by atoms with Crippen LogP contribution in [0, 0.1) is 18.8 Å². The number of nitrogens with zero attached hydrogens (tertiary/aromatic N) is 4. The van der Waals surface area contributed by atoms with Crippen molar-refractivity contribution in [1.29, 1.82) is 0 Å². The third kappa shape index (κ3) is 3.83. The third-order valence-corrected chi connectivity index (χ3v) is 5.70. The van der Waals surface area contributed by atoms with Crippen LogP contribution >= 0.6 is 0 Å². The van der Waals surface area contributed by atoms with Crippen LogP contribution in [0.2, 0.25) is 0 Å². The van der Waals surface area contributed by atoms with Gasteiger partial charge in [0.2, 0.25) is 0 Å². The van der Waals surface area contributed by atoms with E-state index in [4.69, 9.17) is 4.99 Å². The molecule has 5 nitrogen and oxygen atoms in total. The number of pyridine rings is 2. The van der Waals surface area contributed by atoms with E-state index >= 15 is 0 Å². The number of ketones is 1. The van der Waals surface area contributed by atoms with Gasteiger partial charge in [0.05, 0.1) is 12.3 Å². The first-order valence-corrected chi connectivity index (χ1v) is 9.65. The Kier molecular flexibility index (Phi) is 4.87. The van der Waals surface area contributed by atoms with Gasteiger partial charge in [-0.1, -0.05) is 6.92 Å². The fourth-order valence-electron chi connectivity index (χ4n) is 4.30. The van der Waals surface area contributed by atoms with Gasteiger partial charge < -0.3 is 4.90 Å².